The maximum atomic E-state index is 12.4. The molecule has 0 radical (unpaired) electrons. The molecule has 6 nitrogen and oxygen atoms in total. The van der Waals surface area contributed by atoms with Gasteiger partial charge in [0, 0.05) is 56.3 Å². The normalized spacial score (nSPS) is 14.5. The largest absolute Gasteiger partial charge is 0.497 e. The van der Waals surface area contributed by atoms with E-state index >= 15 is 0 Å². The Morgan fingerprint density at radius 2 is 1.66 bits per heavy atom. The first-order valence-corrected chi connectivity index (χ1v) is 10.1. The van der Waals surface area contributed by atoms with Crippen molar-refractivity contribution in [3.8, 4) is 5.75 Å². The maximum absolute atomic E-state index is 12.4. The average Bonchev–Trinajstić information content (AvgIpc) is 2.75. The number of amides is 2. The van der Waals surface area contributed by atoms with Crippen LogP contribution >= 0.6 is 11.6 Å². The molecular formula is C22H26ClN3O3. The van der Waals surface area contributed by atoms with Gasteiger partial charge in [0.15, 0.2) is 0 Å². The first-order valence-electron chi connectivity index (χ1n) is 9.72. The molecule has 0 aromatic heterocycles. The van der Waals surface area contributed by atoms with Crippen LogP contribution in [-0.4, -0.2) is 61.4 Å². The average molecular weight is 416 g/mol. The second-order valence-corrected chi connectivity index (χ2v) is 7.45. The van der Waals surface area contributed by atoms with Crippen LogP contribution in [0.1, 0.15) is 22.3 Å². The highest BCUT2D eigenvalue weighted by Crippen LogP contribution is 2.14. The Kier molecular flexibility index (Phi) is 7.49. The van der Waals surface area contributed by atoms with Crippen molar-refractivity contribution < 1.29 is 14.3 Å². The van der Waals surface area contributed by atoms with Crippen molar-refractivity contribution in [2.45, 2.75) is 13.0 Å². The van der Waals surface area contributed by atoms with Crippen LogP contribution in [0.3, 0.4) is 0 Å². The number of benzene rings is 2. The number of piperazine rings is 1. The number of hydrogen-bond donors (Lipinski definition) is 1. The van der Waals surface area contributed by atoms with Crippen molar-refractivity contribution in [2.75, 3.05) is 39.8 Å². The van der Waals surface area contributed by atoms with E-state index in [1.54, 1.807) is 31.4 Å². The Morgan fingerprint density at radius 1 is 1.00 bits per heavy atom. The number of carbonyl (C=O) groups is 2. The summed E-state index contributed by atoms with van der Waals surface area (Å²) in [5.41, 5.74) is 1.77. The van der Waals surface area contributed by atoms with Gasteiger partial charge in [0.1, 0.15) is 5.75 Å². The van der Waals surface area contributed by atoms with Gasteiger partial charge in [0.05, 0.1) is 7.11 Å². The van der Waals surface area contributed by atoms with E-state index in [9.17, 15) is 9.59 Å². The van der Waals surface area contributed by atoms with Gasteiger partial charge in [-0.05, 0) is 42.0 Å². The quantitative estimate of drug-likeness (QED) is 0.755. The predicted molar refractivity (Wildman–Crippen MR) is 113 cm³/mol. The lowest BCUT2D eigenvalue weighted by molar-refractivity contribution is -0.132. The first kappa shape index (κ1) is 21.1. The molecule has 1 fully saturated rings. The summed E-state index contributed by atoms with van der Waals surface area (Å²) in [6.07, 6.45) is 0.303. The van der Waals surface area contributed by atoms with Crippen molar-refractivity contribution in [3.05, 3.63) is 64.7 Å². The Bertz CT molecular complexity index is 816. The van der Waals surface area contributed by atoms with Crippen molar-refractivity contribution in [2.24, 2.45) is 0 Å². The molecule has 0 aliphatic carbocycles. The molecule has 0 unspecified atom stereocenters. The van der Waals surface area contributed by atoms with Gasteiger partial charge in [-0.2, -0.15) is 0 Å². The molecule has 0 bridgehead atoms. The van der Waals surface area contributed by atoms with Crippen molar-refractivity contribution in [1.29, 1.82) is 0 Å². The summed E-state index contributed by atoms with van der Waals surface area (Å²) >= 11 is 5.83. The first-order chi connectivity index (χ1) is 14.0. The van der Waals surface area contributed by atoms with Crippen LogP contribution in [0.25, 0.3) is 0 Å². The molecule has 154 valence electrons. The minimum Gasteiger partial charge on any atom is -0.497 e. The SMILES string of the molecule is COc1ccc(CN2CCN(C(=O)CCNC(=O)c3ccc(Cl)cc3)CC2)cc1. The van der Waals surface area contributed by atoms with Crippen LogP contribution < -0.4 is 10.1 Å². The van der Waals surface area contributed by atoms with Gasteiger partial charge in [-0.15, -0.1) is 0 Å². The third-order valence-electron chi connectivity index (χ3n) is 5.02. The van der Waals surface area contributed by atoms with E-state index in [2.05, 4.69) is 22.3 Å². The lowest BCUT2D eigenvalue weighted by Gasteiger charge is -2.34. The van der Waals surface area contributed by atoms with E-state index < -0.39 is 0 Å². The topological polar surface area (TPSA) is 61.9 Å². The zero-order valence-electron chi connectivity index (χ0n) is 16.6. The Balaban J connectivity index is 1.37. The number of rotatable bonds is 7. The minimum absolute atomic E-state index is 0.0745. The fraction of sp³-hybridized carbons (Fsp3) is 0.364. The van der Waals surface area contributed by atoms with Gasteiger partial charge in [-0.1, -0.05) is 23.7 Å². The van der Waals surface area contributed by atoms with Gasteiger partial charge in [-0.3, -0.25) is 14.5 Å². The minimum atomic E-state index is -0.196. The summed E-state index contributed by atoms with van der Waals surface area (Å²) in [5.74, 6) is 0.733. The second kappa shape index (κ2) is 10.3. The van der Waals surface area contributed by atoms with Gasteiger partial charge in [0.25, 0.3) is 5.91 Å². The summed E-state index contributed by atoms with van der Waals surface area (Å²) < 4.78 is 5.19. The maximum Gasteiger partial charge on any atom is 0.251 e. The molecule has 0 spiro atoms. The highest BCUT2D eigenvalue weighted by Gasteiger charge is 2.21. The molecule has 1 aliphatic heterocycles. The molecule has 2 amide bonds. The monoisotopic (exact) mass is 415 g/mol. The summed E-state index contributed by atoms with van der Waals surface area (Å²) in [5, 5.41) is 3.37. The summed E-state index contributed by atoms with van der Waals surface area (Å²) in [4.78, 5) is 28.7. The zero-order valence-corrected chi connectivity index (χ0v) is 17.3. The summed E-state index contributed by atoms with van der Waals surface area (Å²) in [6.45, 7) is 4.29. The lowest BCUT2D eigenvalue weighted by Crippen LogP contribution is -2.48. The lowest BCUT2D eigenvalue weighted by atomic mass is 10.2. The fourth-order valence-electron chi connectivity index (χ4n) is 3.29. The highest BCUT2D eigenvalue weighted by molar-refractivity contribution is 6.30. The molecule has 3 rings (SSSR count). The summed E-state index contributed by atoms with van der Waals surface area (Å²) in [6, 6.07) is 14.8. The molecular weight excluding hydrogens is 390 g/mol. The van der Waals surface area contributed by atoms with Gasteiger partial charge in [-0.25, -0.2) is 0 Å². The number of methoxy groups -OCH3 is 1. The number of nitrogens with one attached hydrogen (secondary N) is 1. The smallest absolute Gasteiger partial charge is 0.251 e. The number of carbonyl (C=O) groups excluding carboxylic acids is 2. The van der Waals surface area contributed by atoms with Crippen LogP contribution in [0.4, 0.5) is 0 Å². The number of ether oxygens (including phenoxy) is 1. The van der Waals surface area contributed by atoms with Gasteiger partial charge in [0.2, 0.25) is 5.91 Å². The van der Waals surface area contributed by atoms with Crippen LogP contribution in [0.2, 0.25) is 5.02 Å². The second-order valence-electron chi connectivity index (χ2n) is 7.02. The van der Waals surface area contributed by atoms with Crippen molar-refractivity contribution in [3.63, 3.8) is 0 Å². The van der Waals surface area contributed by atoms with E-state index in [4.69, 9.17) is 16.3 Å². The Morgan fingerprint density at radius 3 is 2.28 bits per heavy atom. The number of nitrogens with zero attached hydrogens (tertiary/aromatic N) is 2. The third kappa shape index (κ3) is 6.21. The molecule has 7 heteroatoms. The molecule has 1 aliphatic rings. The molecule has 0 atom stereocenters. The number of halogens is 1. The molecule has 1 heterocycles. The van der Waals surface area contributed by atoms with Crippen LogP contribution in [0.15, 0.2) is 48.5 Å². The number of hydrogen-bond acceptors (Lipinski definition) is 4. The van der Waals surface area contributed by atoms with Crippen molar-refractivity contribution in [1.82, 2.24) is 15.1 Å². The molecule has 1 N–H and O–H groups in total. The molecule has 29 heavy (non-hydrogen) atoms. The molecule has 2 aromatic rings. The van der Waals surface area contributed by atoms with Crippen LogP contribution in [0.5, 0.6) is 5.75 Å². The molecule has 1 saturated heterocycles. The zero-order chi connectivity index (χ0) is 20.6. The van der Waals surface area contributed by atoms with Gasteiger partial charge < -0.3 is 15.0 Å². The van der Waals surface area contributed by atoms with E-state index in [0.717, 1.165) is 25.4 Å². The van der Waals surface area contributed by atoms with E-state index in [1.165, 1.54) is 5.56 Å². The Hall–Kier alpha value is -2.57. The van der Waals surface area contributed by atoms with Crippen LogP contribution in [0, 0.1) is 0 Å². The van der Waals surface area contributed by atoms with E-state index in [1.807, 2.05) is 17.0 Å². The predicted octanol–water partition coefficient (Wildman–Crippen LogP) is 2.81. The van der Waals surface area contributed by atoms with Crippen LogP contribution in [-0.2, 0) is 11.3 Å². The standard InChI is InChI=1S/C22H26ClN3O3/c1-29-20-8-2-17(3-9-20)16-25-12-14-26(15-13-25)21(27)10-11-24-22(28)18-4-6-19(23)7-5-18/h2-9H,10-16H2,1H3,(H,24,28). The van der Waals surface area contributed by atoms with E-state index in [-0.39, 0.29) is 11.8 Å². The molecule has 0 saturated carbocycles. The Labute approximate surface area is 176 Å². The van der Waals surface area contributed by atoms with Gasteiger partial charge >= 0.3 is 0 Å². The summed E-state index contributed by atoms with van der Waals surface area (Å²) in [7, 11) is 1.66. The fourth-order valence-corrected chi connectivity index (χ4v) is 3.41. The van der Waals surface area contributed by atoms with Crippen molar-refractivity contribution >= 4 is 23.4 Å². The third-order valence-corrected chi connectivity index (χ3v) is 5.27. The molecule has 2 aromatic carbocycles. The van der Waals surface area contributed by atoms with E-state index in [0.29, 0.717) is 36.6 Å². The highest BCUT2D eigenvalue weighted by atomic mass is 35.5.